The normalized spacial score (nSPS) is 14.1. The van der Waals surface area contributed by atoms with E-state index < -0.39 is 20.1 Å². The van der Waals surface area contributed by atoms with Gasteiger partial charge in [0.15, 0.2) is 0 Å². The topological polar surface area (TPSA) is 63.3 Å². The summed E-state index contributed by atoms with van der Waals surface area (Å²) in [7, 11) is -1.55. The van der Waals surface area contributed by atoms with Crippen LogP contribution in [-0.4, -0.2) is 25.2 Å². The van der Waals surface area contributed by atoms with Gasteiger partial charge in [-0.2, -0.15) is 0 Å². The standard InChI is InChI=1S/C7H15NO2Si/c1-4-11(2,3)5-6(8)7(9)10/h4,6H,1,5,8H2,2-3H3,(H,9,10)/t6-/m1/s1. The molecule has 0 fully saturated rings. The molecule has 1 atom stereocenters. The van der Waals surface area contributed by atoms with Gasteiger partial charge in [-0.25, -0.2) is 0 Å². The Morgan fingerprint density at radius 1 is 1.82 bits per heavy atom. The van der Waals surface area contributed by atoms with Crippen LogP contribution in [0.4, 0.5) is 0 Å². The van der Waals surface area contributed by atoms with Gasteiger partial charge in [-0.15, -0.1) is 12.3 Å². The quantitative estimate of drug-likeness (QED) is 0.619. The van der Waals surface area contributed by atoms with Gasteiger partial charge in [0, 0.05) is 0 Å². The fraction of sp³-hybridized carbons (Fsp3) is 0.571. The Kier molecular flexibility index (Phi) is 3.48. The first-order chi connectivity index (χ1) is 4.89. The van der Waals surface area contributed by atoms with E-state index in [9.17, 15) is 4.79 Å². The third-order valence-corrected chi connectivity index (χ3v) is 4.21. The van der Waals surface area contributed by atoms with Gasteiger partial charge in [0.25, 0.3) is 0 Å². The Hall–Kier alpha value is -0.613. The van der Waals surface area contributed by atoms with E-state index in [0.29, 0.717) is 6.04 Å². The first-order valence-electron chi connectivity index (χ1n) is 3.51. The summed E-state index contributed by atoms with van der Waals surface area (Å²) in [6.45, 7) is 7.75. The van der Waals surface area contributed by atoms with Crippen LogP contribution in [0.5, 0.6) is 0 Å². The van der Waals surface area contributed by atoms with E-state index >= 15 is 0 Å². The maximum atomic E-state index is 10.4. The Bertz CT molecular complexity index is 168. The summed E-state index contributed by atoms with van der Waals surface area (Å²) in [6, 6.07) is -0.166. The first-order valence-corrected chi connectivity index (χ1v) is 6.79. The summed E-state index contributed by atoms with van der Waals surface area (Å²) in [6.07, 6.45) is 0. The molecule has 0 heterocycles. The average Bonchev–Trinajstić information content (AvgIpc) is 1.87. The van der Waals surface area contributed by atoms with Crippen molar-refractivity contribution in [2.75, 3.05) is 0 Å². The highest BCUT2D eigenvalue weighted by molar-refractivity contribution is 6.82. The molecule has 0 aromatic carbocycles. The van der Waals surface area contributed by atoms with E-state index in [2.05, 4.69) is 6.58 Å². The van der Waals surface area contributed by atoms with Crippen LogP contribution in [0.1, 0.15) is 0 Å². The van der Waals surface area contributed by atoms with Crippen LogP contribution < -0.4 is 5.73 Å². The lowest BCUT2D eigenvalue weighted by atomic mass is 10.4. The van der Waals surface area contributed by atoms with Gasteiger partial charge >= 0.3 is 5.97 Å². The molecule has 0 aromatic heterocycles. The number of rotatable bonds is 4. The highest BCUT2D eigenvalue weighted by Gasteiger charge is 2.23. The van der Waals surface area contributed by atoms with Crippen LogP contribution in [0.25, 0.3) is 0 Å². The minimum Gasteiger partial charge on any atom is -0.480 e. The van der Waals surface area contributed by atoms with Crippen LogP contribution in [0.3, 0.4) is 0 Å². The molecule has 0 aliphatic heterocycles. The molecule has 3 nitrogen and oxygen atoms in total. The minimum absolute atomic E-state index is 0.561. The number of hydrogen-bond donors (Lipinski definition) is 2. The van der Waals surface area contributed by atoms with Gasteiger partial charge < -0.3 is 10.8 Å². The second kappa shape index (κ2) is 3.68. The third kappa shape index (κ3) is 3.95. The van der Waals surface area contributed by atoms with E-state index in [1.165, 1.54) is 0 Å². The monoisotopic (exact) mass is 173 g/mol. The Morgan fingerprint density at radius 3 is 2.55 bits per heavy atom. The Morgan fingerprint density at radius 2 is 2.27 bits per heavy atom. The molecule has 0 rings (SSSR count). The predicted molar refractivity (Wildman–Crippen MR) is 48.1 cm³/mol. The molecule has 4 heteroatoms. The number of carboxylic acid groups (broad SMARTS) is 1. The lowest BCUT2D eigenvalue weighted by Gasteiger charge is -2.19. The summed E-state index contributed by atoms with van der Waals surface area (Å²) in [5, 5.41) is 8.50. The highest BCUT2D eigenvalue weighted by atomic mass is 28.3. The molecule has 3 N–H and O–H groups in total. The predicted octanol–water partition coefficient (Wildman–Crippen LogP) is 0.832. The summed E-state index contributed by atoms with van der Waals surface area (Å²) >= 11 is 0. The number of nitrogens with two attached hydrogens (primary N) is 1. The molecule has 0 saturated carbocycles. The Balaban J connectivity index is 4.03. The van der Waals surface area contributed by atoms with E-state index in [4.69, 9.17) is 10.8 Å². The lowest BCUT2D eigenvalue weighted by molar-refractivity contribution is -0.138. The van der Waals surface area contributed by atoms with Crippen molar-refractivity contribution in [2.24, 2.45) is 5.73 Å². The van der Waals surface area contributed by atoms with Crippen LogP contribution >= 0.6 is 0 Å². The average molecular weight is 173 g/mol. The van der Waals surface area contributed by atoms with E-state index in [-0.39, 0.29) is 0 Å². The summed E-state index contributed by atoms with van der Waals surface area (Å²) in [5.74, 6) is -0.924. The Labute approximate surface area is 67.9 Å². The van der Waals surface area contributed by atoms with E-state index in [1.807, 2.05) is 18.8 Å². The van der Waals surface area contributed by atoms with Crippen molar-refractivity contribution in [1.29, 1.82) is 0 Å². The third-order valence-electron chi connectivity index (χ3n) is 1.62. The van der Waals surface area contributed by atoms with Crippen LogP contribution in [0.2, 0.25) is 19.1 Å². The molecule has 0 aliphatic rings. The van der Waals surface area contributed by atoms with Crippen molar-refractivity contribution >= 4 is 14.0 Å². The first kappa shape index (κ1) is 10.4. The number of hydrogen-bond acceptors (Lipinski definition) is 2. The van der Waals surface area contributed by atoms with Gasteiger partial charge in [-0.05, 0) is 6.04 Å². The lowest BCUT2D eigenvalue weighted by Crippen LogP contribution is -2.38. The zero-order valence-electron chi connectivity index (χ0n) is 7.00. The van der Waals surface area contributed by atoms with Gasteiger partial charge in [-0.1, -0.05) is 13.1 Å². The fourth-order valence-corrected chi connectivity index (χ4v) is 2.21. The molecule has 0 aliphatic carbocycles. The summed E-state index contributed by atoms with van der Waals surface area (Å²) in [4.78, 5) is 10.4. The molecular formula is C7H15NO2Si. The second-order valence-corrected chi connectivity index (χ2v) is 8.14. The van der Waals surface area contributed by atoms with Crippen LogP contribution in [0.15, 0.2) is 12.3 Å². The maximum Gasteiger partial charge on any atom is 0.320 e. The van der Waals surface area contributed by atoms with Crippen molar-refractivity contribution < 1.29 is 9.90 Å². The number of aliphatic carboxylic acids is 1. The smallest absolute Gasteiger partial charge is 0.320 e. The second-order valence-electron chi connectivity index (χ2n) is 3.34. The summed E-state index contributed by atoms with van der Waals surface area (Å²) < 4.78 is 0. The molecule has 0 radical (unpaired) electrons. The van der Waals surface area contributed by atoms with Gasteiger partial charge in [0.1, 0.15) is 6.04 Å². The molecular weight excluding hydrogens is 158 g/mol. The summed E-state index contributed by atoms with van der Waals surface area (Å²) in [5.41, 5.74) is 7.22. The van der Waals surface area contributed by atoms with Crippen molar-refractivity contribution in [3.63, 3.8) is 0 Å². The van der Waals surface area contributed by atoms with E-state index in [1.54, 1.807) is 0 Å². The molecule has 0 amide bonds. The SMILES string of the molecule is C=C[Si](C)(C)C[C@@H](N)C(=O)O. The van der Waals surface area contributed by atoms with E-state index in [0.717, 1.165) is 0 Å². The molecule has 11 heavy (non-hydrogen) atoms. The van der Waals surface area contributed by atoms with Crippen LogP contribution in [-0.2, 0) is 4.79 Å². The minimum atomic E-state index is -1.55. The van der Waals surface area contributed by atoms with Crippen molar-refractivity contribution in [1.82, 2.24) is 0 Å². The molecule has 64 valence electrons. The molecule has 0 spiro atoms. The maximum absolute atomic E-state index is 10.4. The van der Waals surface area contributed by atoms with Crippen molar-refractivity contribution in [3.05, 3.63) is 12.3 Å². The highest BCUT2D eigenvalue weighted by Crippen LogP contribution is 2.11. The number of carbonyl (C=O) groups is 1. The molecule has 0 bridgehead atoms. The number of carboxylic acids is 1. The van der Waals surface area contributed by atoms with Gasteiger partial charge in [0.2, 0.25) is 0 Å². The molecule has 0 aromatic rings. The molecule has 0 unspecified atom stereocenters. The largest absolute Gasteiger partial charge is 0.480 e. The molecule has 0 saturated heterocycles. The van der Waals surface area contributed by atoms with Gasteiger partial charge in [-0.3, -0.25) is 4.79 Å². The fourth-order valence-electron chi connectivity index (χ4n) is 0.737. The van der Waals surface area contributed by atoms with Crippen molar-refractivity contribution in [3.8, 4) is 0 Å². The van der Waals surface area contributed by atoms with Crippen LogP contribution in [0, 0.1) is 0 Å². The zero-order valence-corrected chi connectivity index (χ0v) is 8.00. The zero-order chi connectivity index (χ0) is 9.07. The van der Waals surface area contributed by atoms with Crippen molar-refractivity contribution in [2.45, 2.75) is 25.2 Å². The van der Waals surface area contributed by atoms with Gasteiger partial charge in [0.05, 0.1) is 8.07 Å².